The van der Waals surface area contributed by atoms with Crippen LogP contribution in [0, 0.1) is 11.7 Å². The fraction of sp³-hybridized carbons (Fsp3) is 0.435. The minimum atomic E-state index is -0.284. The third kappa shape index (κ3) is 6.73. The maximum absolute atomic E-state index is 13.7. The second-order valence-electron chi connectivity index (χ2n) is 7.69. The first-order valence-corrected chi connectivity index (χ1v) is 11.7. The first-order valence-electron chi connectivity index (χ1n) is 10.1. The molecule has 0 saturated carbocycles. The molecule has 1 aliphatic rings. The number of rotatable bonds is 8. The second kappa shape index (κ2) is 11.0. The lowest BCUT2D eigenvalue weighted by atomic mass is 9.99. The smallest absolute Gasteiger partial charge is 0.251 e. The molecule has 3 rings (SSSR count). The molecule has 0 unspecified atom stereocenters. The number of likely N-dealkylation sites (tertiary alicyclic amines) is 1. The van der Waals surface area contributed by atoms with Crippen LogP contribution in [-0.4, -0.2) is 36.2 Å². The van der Waals surface area contributed by atoms with Gasteiger partial charge in [0.2, 0.25) is 0 Å². The van der Waals surface area contributed by atoms with Gasteiger partial charge in [-0.25, -0.2) is 4.39 Å². The Labute approximate surface area is 182 Å². The molecular weight excluding hydrogens is 407 g/mol. The Morgan fingerprint density at radius 2 is 2.07 bits per heavy atom. The molecule has 0 aromatic heterocycles. The quantitative estimate of drug-likeness (QED) is 0.566. The van der Waals surface area contributed by atoms with Crippen molar-refractivity contribution in [2.45, 2.75) is 32.1 Å². The van der Waals surface area contributed by atoms with Gasteiger partial charge in [0.1, 0.15) is 5.82 Å². The monoisotopic (exact) mass is 434 g/mol. The van der Waals surface area contributed by atoms with E-state index in [0.29, 0.717) is 34.2 Å². The van der Waals surface area contributed by atoms with Gasteiger partial charge in [-0.15, -0.1) is 0 Å². The van der Waals surface area contributed by atoms with Crippen LogP contribution in [0.25, 0.3) is 0 Å². The van der Waals surface area contributed by atoms with Crippen molar-refractivity contribution in [1.82, 2.24) is 10.2 Å². The Balaban J connectivity index is 1.39. The number of piperidine rings is 1. The summed E-state index contributed by atoms with van der Waals surface area (Å²) in [6.07, 6.45) is 2.59. The van der Waals surface area contributed by atoms with Crippen LogP contribution in [-0.2, 0) is 12.3 Å². The summed E-state index contributed by atoms with van der Waals surface area (Å²) in [6.45, 7) is 6.09. The highest BCUT2D eigenvalue weighted by atomic mass is 35.5. The minimum absolute atomic E-state index is 0.0762. The normalized spacial score (nSPS) is 17.3. The number of halogens is 2. The van der Waals surface area contributed by atoms with Gasteiger partial charge >= 0.3 is 0 Å². The number of benzene rings is 2. The zero-order valence-electron chi connectivity index (χ0n) is 16.8. The van der Waals surface area contributed by atoms with Crippen LogP contribution in [0.1, 0.15) is 41.3 Å². The minimum Gasteiger partial charge on any atom is -0.351 e. The van der Waals surface area contributed by atoms with E-state index in [-0.39, 0.29) is 11.7 Å². The van der Waals surface area contributed by atoms with Gasteiger partial charge in [-0.1, -0.05) is 36.7 Å². The van der Waals surface area contributed by atoms with Crippen LogP contribution in [0.2, 0.25) is 5.02 Å². The summed E-state index contributed by atoms with van der Waals surface area (Å²) >= 11 is 7.58. The first-order chi connectivity index (χ1) is 14.0. The van der Waals surface area contributed by atoms with E-state index in [1.54, 1.807) is 23.9 Å². The Hall–Kier alpha value is -1.56. The summed E-state index contributed by atoms with van der Waals surface area (Å²) in [7, 11) is 0. The molecule has 156 valence electrons. The molecule has 3 nitrogen and oxygen atoms in total. The van der Waals surface area contributed by atoms with Gasteiger partial charge in [0.25, 0.3) is 5.91 Å². The van der Waals surface area contributed by atoms with Gasteiger partial charge in [0.05, 0.1) is 0 Å². The Bertz CT molecular complexity index is 795. The topological polar surface area (TPSA) is 32.3 Å². The van der Waals surface area contributed by atoms with E-state index in [2.05, 4.69) is 17.1 Å². The van der Waals surface area contributed by atoms with Crippen LogP contribution in [0.3, 0.4) is 0 Å². The van der Waals surface area contributed by atoms with Crippen LogP contribution >= 0.6 is 23.4 Å². The molecule has 1 aliphatic heterocycles. The summed E-state index contributed by atoms with van der Waals surface area (Å²) in [4.78, 5) is 14.8. The third-order valence-electron chi connectivity index (χ3n) is 5.20. The van der Waals surface area contributed by atoms with Crippen LogP contribution in [0.4, 0.5) is 4.39 Å². The molecule has 2 aromatic rings. The number of hydrogen-bond donors (Lipinski definition) is 1. The van der Waals surface area contributed by atoms with Crippen molar-refractivity contribution < 1.29 is 9.18 Å². The maximum atomic E-state index is 13.7. The van der Waals surface area contributed by atoms with Crippen molar-refractivity contribution in [3.63, 3.8) is 0 Å². The number of nitrogens with one attached hydrogen (secondary N) is 1. The van der Waals surface area contributed by atoms with Crippen molar-refractivity contribution in [3.8, 4) is 0 Å². The predicted molar refractivity (Wildman–Crippen MR) is 120 cm³/mol. The highest BCUT2D eigenvalue weighted by Crippen LogP contribution is 2.23. The number of nitrogens with zero attached hydrogens (tertiary/aromatic N) is 1. The van der Waals surface area contributed by atoms with Gasteiger partial charge in [-0.3, -0.25) is 9.69 Å². The van der Waals surface area contributed by atoms with Crippen LogP contribution in [0.15, 0.2) is 42.5 Å². The summed E-state index contributed by atoms with van der Waals surface area (Å²) in [5.41, 5.74) is 2.43. The zero-order chi connectivity index (χ0) is 20.6. The van der Waals surface area contributed by atoms with E-state index in [9.17, 15) is 9.18 Å². The largest absolute Gasteiger partial charge is 0.351 e. The van der Waals surface area contributed by atoms with E-state index in [0.717, 1.165) is 25.6 Å². The molecule has 1 atom stereocenters. The van der Waals surface area contributed by atoms with Gasteiger partial charge in [-0.05, 0) is 55.1 Å². The fourth-order valence-corrected chi connectivity index (χ4v) is 4.83. The SMILES string of the molecule is C[C@@H]1CCCN(Cc2ccc(C(=O)NCCSCc3c(F)cccc3Cl)cc2)C1. The third-order valence-corrected chi connectivity index (χ3v) is 6.54. The number of hydrogen-bond acceptors (Lipinski definition) is 3. The molecule has 1 N–H and O–H groups in total. The molecule has 0 spiro atoms. The highest BCUT2D eigenvalue weighted by molar-refractivity contribution is 7.98. The average molecular weight is 435 g/mol. The second-order valence-corrected chi connectivity index (χ2v) is 9.20. The molecule has 6 heteroatoms. The van der Waals surface area contributed by atoms with Gasteiger partial charge in [-0.2, -0.15) is 11.8 Å². The summed E-state index contributed by atoms with van der Waals surface area (Å²) < 4.78 is 13.7. The van der Waals surface area contributed by atoms with E-state index in [1.165, 1.54) is 24.5 Å². The van der Waals surface area contributed by atoms with Crippen LogP contribution < -0.4 is 5.32 Å². The molecular formula is C23H28ClFN2OS. The van der Waals surface area contributed by atoms with E-state index < -0.39 is 0 Å². The molecule has 1 amide bonds. The molecule has 29 heavy (non-hydrogen) atoms. The highest BCUT2D eigenvalue weighted by Gasteiger charge is 2.16. The molecule has 2 aromatic carbocycles. The number of amides is 1. The number of carbonyl (C=O) groups is 1. The predicted octanol–water partition coefficient (Wildman–Crippen LogP) is 5.37. The van der Waals surface area contributed by atoms with Crippen LogP contribution in [0.5, 0.6) is 0 Å². The lowest BCUT2D eigenvalue weighted by Gasteiger charge is -2.30. The number of thioether (sulfide) groups is 1. The number of carbonyl (C=O) groups excluding carboxylic acids is 1. The first kappa shape index (κ1) is 22.1. The average Bonchev–Trinajstić information content (AvgIpc) is 2.70. The van der Waals surface area contributed by atoms with Crippen molar-refractivity contribution in [2.24, 2.45) is 5.92 Å². The summed E-state index contributed by atoms with van der Waals surface area (Å²) in [6, 6.07) is 12.6. The van der Waals surface area contributed by atoms with E-state index in [1.807, 2.05) is 24.3 Å². The standard InChI is InChI=1S/C23H28ClFN2OS/c1-17-4-3-12-27(14-17)15-18-7-9-19(10-8-18)23(28)26-11-13-29-16-20-21(24)5-2-6-22(20)25/h2,5-10,17H,3-4,11-16H2,1H3,(H,26,28)/t17-/m1/s1. The Morgan fingerprint density at radius 1 is 1.28 bits per heavy atom. The van der Waals surface area contributed by atoms with Gasteiger partial charge in [0.15, 0.2) is 0 Å². The molecule has 0 radical (unpaired) electrons. The fourth-order valence-electron chi connectivity index (χ4n) is 3.63. The molecule has 1 saturated heterocycles. The van der Waals surface area contributed by atoms with Gasteiger partial charge < -0.3 is 5.32 Å². The van der Waals surface area contributed by atoms with Crippen molar-refractivity contribution in [1.29, 1.82) is 0 Å². The maximum Gasteiger partial charge on any atom is 0.251 e. The summed E-state index contributed by atoms with van der Waals surface area (Å²) in [5.74, 6) is 1.59. The Kier molecular flexibility index (Phi) is 8.40. The molecule has 0 aliphatic carbocycles. The van der Waals surface area contributed by atoms with Crippen molar-refractivity contribution >= 4 is 29.3 Å². The Morgan fingerprint density at radius 3 is 2.79 bits per heavy atom. The van der Waals surface area contributed by atoms with Crippen molar-refractivity contribution in [3.05, 3.63) is 70.0 Å². The lowest BCUT2D eigenvalue weighted by Crippen LogP contribution is -2.33. The summed E-state index contributed by atoms with van der Waals surface area (Å²) in [5, 5.41) is 3.37. The van der Waals surface area contributed by atoms with E-state index >= 15 is 0 Å². The van der Waals surface area contributed by atoms with Gasteiger partial charge in [0, 0.05) is 47.3 Å². The molecule has 0 bridgehead atoms. The van der Waals surface area contributed by atoms with E-state index in [4.69, 9.17) is 11.6 Å². The van der Waals surface area contributed by atoms with Crippen molar-refractivity contribution in [2.75, 3.05) is 25.4 Å². The molecule has 1 fully saturated rings. The zero-order valence-corrected chi connectivity index (χ0v) is 18.4. The molecule has 1 heterocycles. The lowest BCUT2D eigenvalue weighted by molar-refractivity contribution is 0.0956.